The van der Waals surface area contributed by atoms with Crippen molar-refractivity contribution in [2.75, 3.05) is 37.6 Å². The molecule has 118 valence electrons. The van der Waals surface area contributed by atoms with Crippen LogP contribution < -0.4 is 4.90 Å². The van der Waals surface area contributed by atoms with E-state index < -0.39 is 11.7 Å². The molecule has 0 amide bonds. The minimum Gasteiger partial charge on any atom is -0.368 e. The average Bonchev–Trinajstić information content (AvgIpc) is 2.47. The van der Waals surface area contributed by atoms with Gasteiger partial charge in [-0.2, -0.15) is 13.2 Å². The molecule has 0 saturated carbocycles. The maximum absolute atomic E-state index is 13.3. The Morgan fingerprint density at radius 1 is 1.14 bits per heavy atom. The van der Waals surface area contributed by atoms with Crippen molar-refractivity contribution in [2.24, 2.45) is 0 Å². The fourth-order valence-electron chi connectivity index (χ4n) is 2.70. The van der Waals surface area contributed by atoms with Crippen molar-refractivity contribution in [1.29, 1.82) is 0 Å². The Balaban J connectivity index is 2.20. The molecule has 0 bridgehead atoms. The molecule has 0 atom stereocenters. The predicted molar refractivity (Wildman–Crippen MR) is 83.0 cm³/mol. The van der Waals surface area contributed by atoms with Gasteiger partial charge in [0.25, 0.3) is 0 Å². The molecule has 1 aromatic rings. The van der Waals surface area contributed by atoms with Gasteiger partial charge in [0.2, 0.25) is 0 Å². The van der Waals surface area contributed by atoms with E-state index >= 15 is 0 Å². The molecule has 2 nitrogen and oxygen atoms in total. The van der Waals surface area contributed by atoms with Gasteiger partial charge in [-0.25, -0.2) is 0 Å². The van der Waals surface area contributed by atoms with Gasteiger partial charge < -0.3 is 4.90 Å². The molecule has 0 aliphatic carbocycles. The van der Waals surface area contributed by atoms with Crippen LogP contribution >= 0.6 is 15.9 Å². The first-order valence-electron chi connectivity index (χ1n) is 7.19. The third-order valence-corrected chi connectivity index (χ3v) is 4.42. The van der Waals surface area contributed by atoms with Crippen LogP contribution in [0.3, 0.4) is 0 Å². The van der Waals surface area contributed by atoms with Crippen LogP contribution in [0, 0.1) is 0 Å². The molecular formula is C15H20BrF3N2. The van der Waals surface area contributed by atoms with Crippen LogP contribution in [-0.4, -0.2) is 37.6 Å². The van der Waals surface area contributed by atoms with Crippen molar-refractivity contribution in [3.63, 3.8) is 0 Å². The Morgan fingerprint density at radius 3 is 2.33 bits per heavy atom. The summed E-state index contributed by atoms with van der Waals surface area (Å²) < 4.78 is 39.8. The Bertz CT molecular complexity index is 468. The number of anilines is 1. The zero-order valence-electron chi connectivity index (χ0n) is 12.1. The molecule has 0 unspecified atom stereocenters. The summed E-state index contributed by atoms with van der Waals surface area (Å²) in [6.07, 6.45) is -3.23. The number of hydrogen-bond donors (Lipinski definition) is 0. The fraction of sp³-hybridized carbons (Fsp3) is 0.600. The van der Waals surface area contributed by atoms with Crippen molar-refractivity contribution in [3.8, 4) is 0 Å². The molecule has 6 heteroatoms. The quantitative estimate of drug-likeness (QED) is 0.741. The van der Waals surface area contributed by atoms with Gasteiger partial charge in [0.1, 0.15) is 0 Å². The second kappa shape index (κ2) is 7.01. The van der Waals surface area contributed by atoms with Gasteiger partial charge in [-0.1, -0.05) is 28.9 Å². The Hall–Kier alpha value is -0.750. The van der Waals surface area contributed by atoms with Crippen molar-refractivity contribution >= 4 is 21.6 Å². The van der Waals surface area contributed by atoms with Crippen LogP contribution in [0.1, 0.15) is 24.5 Å². The summed E-state index contributed by atoms with van der Waals surface area (Å²) >= 11 is 3.22. The third-order valence-electron chi connectivity index (χ3n) is 3.77. The lowest BCUT2D eigenvalue weighted by atomic mass is 10.1. The van der Waals surface area contributed by atoms with Crippen molar-refractivity contribution in [1.82, 2.24) is 4.90 Å². The Kier molecular flexibility index (Phi) is 5.54. The summed E-state index contributed by atoms with van der Waals surface area (Å²) in [4.78, 5) is 4.16. The van der Waals surface area contributed by atoms with Gasteiger partial charge in [-0.05, 0) is 30.7 Å². The lowest BCUT2D eigenvalue weighted by molar-refractivity contribution is -0.137. The van der Waals surface area contributed by atoms with E-state index in [-0.39, 0.29) is 0 Å². The SMILES string of the molecule is CCCN1CCN(c2ccc(CBr)cc2C(F)(F)F)CC1. The largest absolute Gasteiger partial charge is 0.418 e. The van der Waals surface area contributed by atoms with E-state index in [1.807, 2.05) is 4.90 Å². The van der Waals surface area contributed by atoms with Gasteiger partial charge >= 0.3 is 6.18 Å². The second-order valence-corrected chi connectivity index (χ2v) is 5.87. The molecule has 2 rings (SSSR count). The topological polar surface area (TPSA) is 6.48 Å². The highest BCUT2D eigenvalue weighted by atomic mass is 79.9. The predicted octanol–water partition coefficient (Wildman–Crippen LogP) is 4.13. The van der Waals surface area contributed by atoms with E-state index in [1.165, 1.54) is 6.07 Å². The first-order valence-corrected chi connectivity index (χ1v) is 8.31. The number of rotatable bonds is 4. The smallest absolute Gasteiger partial charge is 0.368 e. The third kappa shape index (κ3) is 4.13. The first kappa shape index (κ1) is 16.6. The molecule has 0 spiro atoms. The summed E-state index contributed by atoms with van der Waals surface area (Å²) in [5, 5.41) is 0.431. The van der Waals surface area contributed by atoms with Gasteiger partial charge in [0.05, 0.1) is 5.56 Å². The van der Waals surface area contributed by atoms with Crippen LogP contribution in [0.2, 0.25) is 0 Å². The summed E-state index contributed by atoms with van der Waals surface area (Å²) in [6.45, 7) is 6.08. The number of piperazine rings is 1. The standard InChI is InChI=1S/C15H20BrF3N2/c1-2-5-20-6-8-21(9-7-20)14-4-3-12(11-16)10-13(14)15(17,18)19/h3-4,10H,2,5-9,11H2,1H3. The number of alkyl halides is 4. The fourth-order valence-corrected chi connectivity index (χ4v) is 3.05. The second-order valence-electron chi connectivity index (χ2n) is 5.31. The highest BCUT2D eigenvalue weighted by Gasteiger charge is 2.35. The van der Waals surface area contributed by atoms with Crippen LogP contribution in [0.25, 0.3) is 0 Å². The van der Waals surface area contributed by atoms with Crippen molar-refractivity contribution in [2.45, 2.75) is 24.9 Å². The molecule has 0 radical (unpaired) electrons. The lowest BCUT2D eigenvalue weighted by Crippen LogP contribution is -2.47. The molecule has 0 N–H and O–H groups in total. The van der Waals surface area contributed by atoms with E-state index in [0.717, 1.165) is 26.1 Å². The molecule has 1 saturated heterocycles. The minimum atomic E-state index is -4.31. The average molecular weight is 365 g/mol. The van der Waals surface area contributed by atoms with E-state index in [0.29, 0.717) is 29.7 Å². The number of hydrogen-bond acceptors (Lipinski definition) is 2. The lowest BCUT2D eigenvalue weighted by Gasteiger charge is -2.37. The van der Waals surface area contributed by atoms with Crippen LogP contribution in [0.15, 0.2) is 18.2 Å². The summed E-state index contributed by atoms with van der Waals surface area (Å²) in [7, 11) is 0. The van der Waals surface area contributed by atoms with Crippen LogP contribution in [0.5, 0.6) is 0 Å². The summed E-state index contributed by atoms with van der Waals surface area (Å²) in [5.41, 5.74) is 0.433. The van der Waals surface area contributed by atoms with E-state index in [9.17, 15) is 13.2 Å². The maximum Gasteiger partial charge on any atom is 0.418 e. The number of halogens is 4. The highest BCUT2D eigenvalue weighted by Crippen LogP contribution is 2.37. The molecule has 1 heterocycles. The molecule has 1 aliphatic rings. The summed E-state index contributed by atoms with van der Waals surface area (Å²) in [5.74, 6) is 0. The zero-order valence-corrected chi connectivity index (χ0v) is 13.7. The molecule has 21 heavy (non-hydrogen) atoms. The van der Waals surface area contributed by atoms with Crippen LogP contribution in [0.4, 0.5) is 18.9 Å². The molecular weight excluding hydrogens is 345 g/mol. The monoisotopic (exact) mass is 364 g/mol. The molecule has 0 aromatic heterocycles. The highest BCUT2D eigenvalue weighted by molar-refractivity contribution is 9.08. The Labute approximate surface area is 132 Å². The zero-order chi connectivity index (χ0) is 15.5. The number of benzene rings is 1. The molecule has 1 fully saturated rings. The van der Waals surface area contributed by atoms with Gasteiger partial charge in [-0.3, -0.25) is 4.90 Å². The van der Waals surface area contributed by atoms with Gasteiger partial charge in [0.15, 0.2) is 0 Å². The van der Waals surface area contributed by atoms with E-state index in [4.69, 9.17) is 0 Å². The normalized spacial score (nSPS) is 17.3. The van der Waals surface area contributed by atoms with E-state index in [2.05, 4.69) is 27.8 Å². The maximum atomic E-state index is 13.3. The molecule has 1 aromatic carbocycles. The van der Waals surface area contributed by atoms with Crippen molar-refractivity contribution in [3.05, 3.63) is 29.3 Å². The Morgan fingerprint density at radius 2 is 1.81 bits per heavy atom. The first-order chi connectivity index (χ1) is 9.95. The summed E-state index contributed by atoms with van der Waals surface area (Å²) in [6, 6.07) is 4.62. The van der Waals surface area contributed by atoms with Crippen LogP contribution in [-0.2, 0) is 11.5 Å². The number of nitrogens with zero attached hydrogens (tertiary/aromatic N) is 2. The minimum absolute atomic E-state index is 0.309. The molecule has 1 aliphatic heterocycles. The van der Waals surface area contributed by atoms with Gasteiger partial charge in [-0.15, -0.1) is 0 Å². The van der Waals surface area contributed by atoms with E-state index in [1.54, 1.807) is 12.1 Å². The van der Waals surface area contributed by atoms with Crippen molar-refractivity contribution < 1.29 is 13.2 Å². The van der Waals surface area contributed by atoms with Gasteiger partial charge in [0, 0.05) is 37.2 Å².